The number of rotatable bonds is 9. The van der Waals surface area contributed by atoms with Gasteiger partial charge in [-0.25, -0.2) is 0 Å². The van der Waals surface area contributed by atoms with Crippen LogP contribution in [0.4, 0.5) is 0 Å². The van der Waals surface area contributed by atoms with Crippen molar-refractivity contribution in [2.24, 2.45) is 13.0 Å². The summed E-state index contributed by atoms with van der Waals surface area (Å²) in [5.74, 6) is 0.159. The first kappa shape index (κ1) is 28.5. The molecular formula is C33H37N3O5. The number of aromatic nitrogens is 2. The summed E-state index contributed by atoms with van der Waals surface area (Å²) in [6.45, 7) is 12.5. The van der Waals surface area contributed by atoms with E-state index in [0.717, 1.165) is 16.3 Å². The van der Waals surface area contributed by atoms with Crippen molar-refractivity contribution in [1.29, 1.82) is 0 Å². The molecule has 2 amide bonds. The highest BCUT2D eigenvalue weighted by Crippen LogP contribution is 2.38. The highest BCUT2D eigenvalue weighted by atomic mass is 16.5. The number of benzene rings is 2. The number of amides is 2. The summed E-state index contributed by atoms with van der Waals surface area (Å²) in [7, 11) is 1.74. The van der Waals surface area contributed by atoms with Crippen molar-refractivity contribution < 1.29 is 19.1 Å². The van der Waals surface area contributed by atoms with E-state index < -0.39 is 11.6 Å². The van der Waals surface area contributed by atoms with Gasteiger partial charge in [-0.3, -0.25) is 24.3 Å². The van der Waals surface area contributed by atoms with E-state index in [-0.39, 0.29) is 29.9 Å². The van der Waals surface area contributed by atoms with Gasteiger partial charge in [0.2, 0.25) is 0 Å². The van der Waals surface area contributed by atoms with Crippen LogP contribution in [-0.2, 0) is 17.4 Å². The second kappa shape index (κ2) is 10.7. The molecule has 2 aromatic heterocycles. The van der Waals surface area contributed by atoms with Crippen molar-refractivity contribution in [3.8, 4) is 5.75 Å². The fraction of sp³-hybridized carbons (Fsp3) is 0.394. The van der Waals surface area contributed by atoms with E-state index >= 15 is 0 Å². The Morgan fingerprint density at radius 2 is 1.63 bits per heavy atom. The second-order valence-electron chi connectivity index (χ2n) is 11.6. The largest absolute Gasteiger partial charge is 0.491 e. The third kappa shape index (κ3) is 4.90. The van der Waals surface area contributed by atoms with Crippen LogP contribution < -0.4 is 10.3 Å². The first-order valence-electron chi connectivity index (χ1n) is 14.1. The summed E-state index contributed by atoms with van der Waals surface area (Å²) >= 11 is 0. The van der Waals surface area contributed by atoms with Crippen molar-refractivity contribution in [2.45, 2.75) is 59.6 Å². The Bertz CT molecular complexity index is 1700. The first-order chi connectivity index (χ1) is 19.5. The molecule has 0 bridgehead atoms. The third-order valence-corrected chi connectivity index (χ3v) is 7.93. The van der Waals surface area contributed by atoms with E-state index in [2.05, 4.69) is 18.8 Å². The molecule has 0 fully saturated rings. The topological polar surface area (TPSA) is 90.7 Å². The maximum atomic E-state index is 13.4. The van der Waals surface area contributed by atoms with Crippen LogP contribution in [0.25, 0.3) is 21.7 Å². The molecule has 41 heavy (non-hydrogen) atoms. The Labute approximate surface area is 239 Å². The van der Waals surface area contributed by atoms with Crippen molar-refractivity contribution in [3.63, 3.8) is 0 Å². The number of hydrogen-bond donors (Lipinski definition) is 0. The van der Waals surface area contributed by atoms with Gasteiger partial charge in [-0.2, -0.15) is 0 Å². The van der Waals surface area contributed by atoms with Crippen molar-refractivity contribution in [3.05, 3.63) is 81.4 Å². The highest BCUT2D eigenvalue weighted by molar-refractivity contribution is 6.21. The van der Waals surface area contributed by atoms with Gasteiger partial charge in [0.1, 0.15) is 12.4 Å². The summed E-state index contributed by atoms with van der Waals surface area (Å²) in [4.78, 5) is 45.8. The summed E-state index contributed by atoms with van der Waals surface area (Å²) in [5.41, 5.74) is 2.18. The van der Waals surface area contributed by atoms with E-state index in [1.54, 1.807) is 42.1 Å². The molecule has 5 rings (SSSR count). The molecule has 1 unspecified atom stereocenters. The molecule has 1 atom stereocenters. The third-order valence-electron chi connectivity index (χ3n) is 7.93. The molecular weight excluding hydrogens is 518 g/mol. The Morgan fingerprint density at radius 3 is 2.24 bits per heavy atom. The summed E-state index contributed by atoms with van der Waals surface area (Å²) < 4.78 is 14.3. The minimum absolute atomic E-state index is 0.106. The van der Waals surface area contributed by atoms with Gasteiger partial charge in [-0.05, 0) is 69.7 Å². The van der Waals surface area contributed by atoms with Crippen LogP contribution in [0.5, 0.6) is 5.75 Å². The average Bonchev–Trinajstić information content (AvgIpc) is 3.18. The van der Waals surface area contributed by atoms with Crippen LogP contribution in [0.15, 0.2) is 53.5 Å². The van der Waals surface area contributed by atoms with E-state index in [9.17, 15) is 14.4 Å². The van der Waals surface area contributed by atoms with Gasteiger partial charge in [0.05, 0.1) is 39.4 Å². The minimum atomic E-state index is -0.718. The number of nitrogens with zero attached hydrogens (tertiary/aromatic N) is 3. The Hall–Kier alpha value is -4.04. The molecule has 0 N–H and O–H groups in total. The first-order valence-corrected chi connectivity index (χ1v) is 14.1. The van der Waals surface area contributed by atoms with Crippen LogP contribution in [0, 0.1) is 12.8 Å². The van der Waals surface area contributed by atoms with Crippen molar-refractivity contribution in [1.82, 2.24) is 14.5 Å². The molecule has 1 aliphatic rings. The van der Waals surface area contributed by atoms with Crippen LogP contribution in [0.1, 0.15) is 73.0 Å². The number of carbonyl (C=O) groups is 2. The smallest absolute Gasteiger partial charge is 0.261 e. The maximum Gasteiger partial charge on any atom is 0.261 e. The molecule has 0 spiro atoms. The molecule has 0 radical (unpaired) electrons. The Balaban J connectivity index is 1.62. The molecule has 3 heterocycles. The fourth-order valence-electron chi connectivity index (χ4n) is 5.95. The van der Waals surface area contributed by atoms with Crippen LogP contribution in [0.2, 0.25) is 0 Å². The number of carbonyl (C=O) groups excluding carboxylic acids is 2. The molecule has 0 saturated carbocycles. The van der Waals surface area contributed by atoms with Crippen LogP contribution >= 0.6 is 0 Å². The lowest BCUT2D eigenvalue weighted by atomic mass is 9.93. The zero-order valence-electron chi connectivity index (χ0n) is 24.8. The lowest BCUT2D eigenvalue weighted by Gasteiger charge is -2.31. The Kier molecular flexibility index (Phi) is 7.46. The summed E-state index contributed by atoms with van der Waals surface area (Å²) in [6.07, 6.45) is 2.30. The van der Waals surface area contributed by atoms with E-state index in [4.69, 9.17) is 9.47 Å². The maximum absolute atomic E-state index is 13.4. The number of ether oxygens (including phenoxy) is 2. The number of fused-ring (bicyclic) bond motifs is 4. The normalized spacial score (nSPS) is 14.4. The molecule has 8 heteroatoms. The molecule has 0 saturated heterocycles. The number of aryl methyl sites for hydroxylation is 2. The van der Waals surface area contributed by atoms with Gasteiger partial charge in [0.25, 0.3) is 17.4 Å². The van der Waals surface area contributed by atoms with Crippen LogP contribution in [0.3, 0.4) is 0 Å². The molecule has 1 aliphatic heterocycles. The number of hydrogen-bond acceptors (Lipinski definition) is 6. The predicted molar refractivity (Wildman–Crippen MR) is 160 cm³/mol. The molecule has 214 valence electrons. The fourth-order valence-corrected chi connectivity index (χ4v) is 5.95. The van der Waals surface area contributed by atoms with Gasteiger partial charge in [-0.15, -0.1) is 0 Å². The highest BCUT2D eigenvalue weighted by Gasteiger charge is 2.40. The number of pyridine rings is 2. The van der Waals surface area contributed by atoms with Gasteiger partial charge < -0.3 is 14.0 Å². The molecule has 8 nitrogen and oxygen atoms in total. The summed E-state index contributed by atoms with van der Waals surface area (Å²) in [5, 5.41) is 2.29. The zero-order valence-corrected chi connectivity index (χ0v) is 24.8. The number of imide groups is 1. The van der Waals surface area contributed by atoms with Gasteiger partial charge >= 0.3 is 0 Å². The summed E-state index contributed by atoms with van der Waals surface area (Å²) in [6, 6.07) is 12.2. The van der Waals surface area contributed by atoms with Crippen molar-refractivity contribution >= 4 is 33.5 Å². The average molecular weight is 556 g/mol. The van der Waals surface area contributed by atoms with E-state index in [1.807, 2.05) is 45.9 Å². The van der Waals surface area contributed by atoms with Gasteiger partial charge in [0.15, 0.2) is 0 Å². The van der Waals surface area contributed by atoms with Gasteiger partial charge in [0, 0.05) is 36.9 Å². The minimum Gasteiger partial charge on any atom is -0.491 e. The standard InChI is InChI=1S/C33H37N3O5/c1-8-41-33(5,6)26-16-25-22-13-14-34-20(4)29(22)32(39)35(7)27(25)17-28(26)40-18-21(15-19(2)3)36-30(37)23-11-9-10-12-24(23)31(36)38/h9-14,16-17,19,21H,8,15,18H2,1-7H3. The van der Waals surface area contributed by atoms with E-state index in [1.165, 1.54) is 4.90 Å². The second-order valence-corrected chi connectivity index (χ2v) is 11.6. The molecule has 4 aromatic rings. The monoisotopic (exact) mass is 555 g/mol. The van der Waals surface area contributed by atoms with Crippen molar-refractivity contribution in [2.75, 3.05) is 13.2 Å². The molecule has 2 aromatic carbocycles. The lowest BCUT2D eigenvalue weighted by molar-refractivity contribution is -0.0162. The SMILES string of the molecule is CCOC(C)(C)c1cc2c3ccnc(C)c3c(=O)n(C)c2cc1OCC(CC(C)C)N1C(=O)c2ccccc2C1=O. The van der Waals surface area contributed by atoms with E-state index in [0.29, 0.717) is 46.5 Å². The molecule has 0 aliphatic carbocycles. The quantitative estimate of drug-likeness (QED) is 0.193. The Morgan fingerprint density at radius 1 is 0.976 bits per heavy atom. The van der Waals surface area contributed by atoms with Gasteiger partial charge in [-0.1, -0.05) is 26.0 Å². The predicted octanol–water partition coefficient (Wildman–Crippen LogP) is 5.76. The van der Waals surface area contributed by atoms with Crippen LogP contribution in [-0.4, -0.2) is 45.5 Å². The zero-order chi connectivity index (χ0) is 29.6. The lowest BCUT2D eigenvalue weighted by Crippen LogP contribution is -2.44.